The van der Waals surface area contributed by atoms with Crippen molar-refractivity contribution < 1.29 is 19.5 Å². The smallest absolute Gasteiger partial charge is 0.310 e. The van der Waals surface area contributed by atoms with E-state index in [0.29, 0.717) is 11.8 Å². The Morgan fingerprint density at radius 3 is 2.33 bits per heavy atom. The predicted molar refractivity (Wildman–Crippen MR) is 69.2 cm³/mol. The molecule has 0 radical (unpaired) electrons. The van der Waals surface area contributed by atoms with Gasteiger partial charge in [-0.2, -0.15) is 0 Å². The molecule has 0 fully saturated rings. The van der Waals surface area contributed by atoms with Crippen LogP contribution in [0.4, 0.5) is 0 Å². The van der Waals surface area contributed by atoms with Gasteiger partial charge in [-0.1, -0.05) is 15.9 Å². The van der Waals surface area contributed by atoms with E-state index in [1.54, 1.807) is 6.92 Å². The maximum absolute atomic E-state index is 11.3. The average molecular weight is 324 g/mol. The summed E-state index contributed by atoms with van der Waals surface area (Å²) >= 11 is 3.13. The van der Waals surface area contributed by atoms with E-state index in [4.69, 9.17) is 10.8 Å². The molecule has 0 aliphatic rings. The molecule has 0 aromatic carbocycles. The summed E-state index contributed by atoms with van der Waals surface area (Å²) in [5.41, 5.74) is 4.13. The summed E-state index contributed by atoms with van der Waals surface area (Å²) in [6.07, 6.45) is 0.296. The van der Waals surface area contributed by atoms with Gasteiger partial charge in [0.1, 0.15) is 0 Å². The first-order valence-corrected chi connectivity index (χ1v) is 6.50. The third-order valence-electron chi connectivity index (χ3n) is 2.44. The van der Waals surface area contributed by atoms with E-state index in [1.807, 2.05) is 0 Å². The van der Waals surface area contributed by atoms with Gasteiger partial charge in [0.15, 0.2) is 0 Å². The lowest BCUT2D eigenvalue weighted by atomic mass is 9.89. The number of alkyl halides is 1. The minimum Gasteiger partial charge on any atom is -0.481 e. The molecule has 0 heterocycles. The van der Waals surface area contributed by atoms with Crippen molar-refractivity contribution in [1.82, 2.24) is 10.6 Å². The van der Waals surface area contributed by atoms with Gasteiger partial charge < -0.3 is 21.5 Å². The van der Waals surface area contributed by atoms with Crippen LogP contribution in [0.3, 0.4) is 0 Å². The minimum atomic E-state index is -0.926. The van der Waals surface area contributed by atoms with Crippen LogP contribution in [0.2, 0.25) is 0 Å². The average Bonchev–Trinajstić information content (AvgIpc) is 2.35. The van der Waals surface area contributed by atoms with Crippen molar-refractivity contribution in [2.45, 2.75) is 13.3 Å². The number of hydrogen-bond donors (Lipinski definition) is 4. The van der Waals surface area contributed by atoms with E-state index in [0.717, 1.165) is 0 Å². The Hall–Kier alpha value is -1.15. The first kappa shape index (κ1) is 16.9. The van der Waals surface area contributed by atoms with Gasteiger partial charge in [-0.25, -0.2) is 0 Å². The Kier molecular flexibility index (Phi) is 7.53. The number of nitrogens with one attached hydrogen (secondary N) is 2. The molecule has 2 amide bonds. The van der Waals surface area contributed by atoms with E-state index in [-0.39, 0.29) is 25.5 Å². The lowest BCUT2D eigenvalue weighted by Gasteiger charge is -2.21. The van der Waals surface area contributed by atoms with E-state index in [1.165, 1.54) is 0 Å². The quantitative estimate of drug-likeness (QED) is 0.429. The first-order valence-electron chi connectivity index (χ1n) is 5.38. The second kappa shape index (κ2) is 8.04. The molecule has 104 valence electrons. The molecule has 0 rings (SSSR count). The molecule has 0 saturated carbocycles. The summed E-state index contributed by atoms with van der Waals surface area (Å²) in [6, 6.07) is 0. The van der Waals surface area contributed by atoms with Crippen molar-refractivity contribution in [2.75, 3.05) is 25.0 Å². The molecule has 0 aliphatic heterocycles. The van der Waals surface area contributed by atoms with Crippen LogP contribution in [-0.2, 0) is 14.4 Å². The molecule has 1 atom stereocenters. The van der Waals surface area contributed by atoms with Crippen molar-refractivity contribution in [2.24, 2.45) is 11.1 Å². The van der Waals surface area contributed by atoms with Crippen LogP contribution in [0.15, 0.2) is 0 Å². The second-order valence-electron chi connectivity index (χ2n) is 4.08. The van der Waals surface area contributed by atoms with Crippen LogP contribution < -0.4 is 16.4 Å². The summed E-state index contributed by atoms with van der Waals surface area (Å²) in [6.45, 7) is 1.49. The topological polar surface area (TPSA) is 122 Å². The number of carbonyl (C=O) groups is 3. The van der Waals surface area contributed by atoms with Gasteiger partial charge in [0, 0.05) is 11.9 Å². The van der Waals surface area contributed by atoms with Crippen molar-refractivity contribution in [3.63, 3.8) is 0 Å². The maximum Gasteiger partial charge on any atom is 0.310 e. The molecule has 1 unspecified atom stereocenters. The van der Waals surface area contributed by atoms with Crippen LogP contribution in [0.5, 0.6) is 0 Å². The summed E-state index contributed by atoms with van der Waals surface area (Å²) in [7, 11) is 0. The van der Waals surface area contributed by atoms with Crippen molar-refractivity contribution in [3.8, 4) is 0 Å². The Bertz CT molecular complexity index is 324. The van der Waals surface area contributed by atoms with Crippen LogP contribution in [0.25, 0.3) is 0 Å². The zero-order chi connectivity index (χ0) is 14.2. The first-order chi connectivity index (χ1) is 8.35. The Balaban J connectivity index is 3.93. The van der Waals surface area contributed by atoms with Crippen molar-refractivity contribution >= 4 is 33.7 Å². The largest absolute Gasteiger partial charge is 0.481 e. The van der Waals surface area contributed by atoms with E-state index in [9.17, 15) is 14.4 Å². The normalized spacial score (nSPS) is 13.5. The fraction of sp³-hybridized carbons (Fsp3) is 0.700. The molecule has 0 aromatic rings. The van der Waals surface area contributed by atoms with E-state index in [2.05, 4.69) is 26.6 Å². The number of aliphatic carboxylic acids is 1. The molecule has 0 saturated heterocycles. The van der Waals surface area contributed by atoms with Gasteiger partial charge in [-0.3, -0.25) is 14.4 Å². The van der Waals surface area contributed by atoms with Gasteiger partial charge in [0.2, 0.25) is 11.8 Å². The SMILES string of the molecule is CC(CBr)(CCNC(=O)CNC(=O)CN)C(=O)O. The molecule has 7 nitrogen and oxygen atoms in total. The summed E-state index contributed by atoms with van der Waals surface area (Å²) in [5, 5.41) is 14.1. The highest BCUT2D eigenvalue weighted by Gasteiger charge is 2.31. The van der Waals surface area contributed by atoms with Crippen LogP contribution >= 0.6 is 15.9 Å². The van der Waals surface area contributed by atoms with Crippen molar-refractivity contribution in [1.29, 1.82) is 0 Å². The Labute approximate surface area is 114 Å². The standard InChI is InChI=1S/C10H18BrN3O4/c1-10(6-11,9(17)18)2-3-13-8(16)5-14-7(15)4-12/h2-6,12H2,1H3,(H,13,16)(H,14,15)(H,17,18). The fourth-order valence-electron chi connectivity index (χ4n) is 1.02. The second-order valence-corrected chi connectivity index (χ2v) is 4.64. The number of carbonyl (C=O) groups excluding carboxylic acids is 2. The zero-order valence-electron chi connectivity index (χ0n) is 10.2. The Morgan fingerprint density at radius 1 is 1.28 bits per heavy atom. The zero-order valence-corrected chi connectivity index (χ0v) is 11.7. The van der Waals surface area contributed by atoms with Crippen LogP contribution in [0, 0.1) is 5.41 Å². The van der Waals surface area contributed by atoms with Crippen LogP contribution in [-0.4, -0.2) is 47.9 Å². The summed E-state index contributed by atoms with van der Waals surface area (Å²) in [5.74, 6) is -1.72. The van der Waals surface area contributed by atoms with Gasteiger partial charge in [0.05, 0.1) is 18.5 Å². The molecular weight excluding hydrogens is 306 g/mol. The Morgan fingerprint density at radius 2 is 1.89 bits per heavy atom. The third-order valence-corrected chi connectivity index (χ3v) is 3.68. The van der Waals surface area contributed by atoms with E-state index < -0.39 is 17.3 Å². The predicted octanol–water partition coefficient (Wildman–Crippen LogP) is -0.947. The molecule has 0 aliphatic carbocycles. The van der Waals surface area contributed by atoms with Crippen molar-refractivity contribution in [3.05, 3.63) is 0 Å². The number of amides is 2. The summed E-state index contributed by atoms with van der Waals surface area (Å²) in [4.78, 5) is 33.0. The lowest BCUT2D eigenvalue weighted by Crippen LogP contribution is -2.41. The molecule has 5 N–H and O–H groups in total. The highest BCUT2D eigenvalue weighted by molar-refractivity contribution is 9.09. The maximum atomic E-state index is 11.3. The fourth-order valence-corrected chi connectivity index (χ4v) is 1.54. The minimum absolute atomic E-state index is 0.159. The molecule has 0 bridgehead atoms. The van der Waals surface area contributed by atoms with Gasteiger partial charge in [-0.15, -0.1) is 0 Å². The van der Waals surface area contributed by atoms with Crippen LogP contribution in [0.1, 0.15) is 13.3 Å². The highest BCUT2D eigenvalue weighted by atomic mass is 79.9. The molecule has 0 aromatic heterocycles. The van der Waals surface area contributed by atoms with Gasteiger partial charge in [0.25, 0.3) is 0 Å². The molecule has 8 heteroatoms. The number of halogens is 1. The molecular formula is C10H18BrN3O4. The number of carboxylic acids is 1. The number of hydrogen-bond acceptors (Lipinski definition) is 4. The summed E-state index contributed by atoms with van der Waals surface area (Å²) < 4.78 is 0. The monoisotopic (exact) mass is 323 g/mol. The number of carboxylic acid groups (broad SMARTS) is 1. The highest BCUT2D eigenvalue weighted by Crippen LogP contribution is 2.23. The number of rotatable bonds is 8. The molecule has 0 spiro atoms. The number of nitrogens with two attached hydrogens (primary N) is 1. The van der Waals surface area contributed by atoms with Gasteiger partial charge >= 0.3 is 5.97 Å². The van der Waals surface area contributed by atoms with E-state index >= 15 is 0 Å². The lowest BCUT2D eigenvalue weighted by molar-refractivity contribution is -0.147. The third kappa shape index (κ3) is 5.97. The molecule has 18 heavy (non-hydrogen) atoms. The van der Waals surface area contributed by atoms with Gasteiger partial charge in [-0.05, 0) is 13.3 Å².